The summed E-state index contributed by atoms with van der Waals surface area (Å²) in [5, 5.41) is 18.6. The Morgan fingerprint density at radius 3 is 1.72 bits per heavy atom. The molecule has 43 heavy (non-hydrogen) atoms. The van der Waals surface area contributed by atoms with E-state index in [4.69, 9.17) is 18.9 Å². The standard InChI is InChI=1S/C31H38N4O8/c1-23-22-40-16-12-34(20-24-6-4-8-26(32-24)30(36)37)14-18-42-28-10-2-3-11-29(28)43-19-15-35(13-17-41-23)21-25-7-5-9-27(33-25)31(38)39/h2-11,23H,12-22H2,1H3,(H,36,37)(H,38,39). The van der Waals surface area contributed by atoms with E-state index in [2.05, 4.69) is 19.8 Å². The highest BCUT2D eigenvalue weighted by Gasteiger charge is 2.15. The Balaban J connectivity index is 1.43. The van der Waals surface area contributed by atoms with Gasteiger partial charge in [0, 0.05) is 39.3 Å². The number of pyridine rings is 2. The van der Waals surface area contributed by atoms with E-state index in [0.29, 0.717) is 95.2 Å². The molecule has 0 amide bonds. The van der Waals surface area contributed by atoms with Gasteiger partial charge in [0.1, 0.15) is 24.6 Å². The molecule has 12 nitrogen and oxygen atoms in total. The van der Waals surface area contributed by atoms with Crippen molar-refractivity contribution < 1.29 is 38.7 Å². The molecule has 0 saturated carbocycles. The van der Waals surface area contributed by atoms with Gasteiger partial charge in [-0.2, -0.15) is 0 Å². The van der Waals surface area contributed by atoms with Crippen molar-refractivity contribution in [2.45, 2.75) is 26.1 Å². The number of ether oxygens (including phenoxy) is 4. The van der Waals surface area contributed by atoms with Gasteiger partial charge in [0.25, 0.3) is 0 Å². The third-order valence-electron chi connectivity index (χ3n) is 6.72. The summed E-state index contributed by atoms with van der Waals surface area (Å²) in [7, 11) is 0. The molecule has 0 aliphatic carbocycles. The highest BCUT2D eigenvalue weighted by molar-refractivity contribution is 5.85. The lowest BCUT2D eigenvalue weighted by Gasteiger charge is -2.25. The van der Waals surface area contributed by atoms with Crippen LogP contribution < -0.4 is 9.47 Å². The Labute approximate surface area is 250 Å². The van der Waals surface area contributed by atoms with Crippen LogP contribution in [0.1, 0.15) is 39.3 Å². The van der Waals surface area contributed by atoms with Crippen molar-refractivity contribution in [1.29, 1.82) is 0 Å². The first-order chi connectivity index (χ1) is 20.9. The zero-order valence-corrected chi connectivity index (χ0v) is 24.3. The maximum absolute atomic E-state index is 11.4. The molecule has 0 spiro atoms. The minimum atomic E-state index is -1.06. The SMILES string of the molecule is CC1COCCN(Cc2cccc(C(=O)O)n2)CCOc2ccccc2OCCN(Cc2cccc(C(=O)O)n2)CCO1. The number of fused-ring (bicyclic) bond motifs is 1. The number of benzene rings is 1. The number of para-hydroxylation sites is 2. The van der Waals surface area contributed by atoms with E-state index in [1.165, 1.54) is 12.1 Å². The molecule has 1 atom stereocenters. The molecule has 2 aromatic heterocycles. The minimum Gasteiger partial charge on any atom is -0.488 e. The molecule has 230 valence electrons. The molecule has 4 rings (SSSR count). The molecular formula is C31H38N4O8. The average molecular weight is 595 g/mol. The van der Waals surface area contributed by atoms with Gasteiger partial charge in [-0.1, -0.05) is 24.3 Å². The lowest BCUT2D eigenvalue weighted by Crippen LogP contribution is -2.34. The fourth-order valence-corrected chi connectivity index (χ4v) is 4.50. The molecule has 1 aliphatic rings. The van der Waals surface area contributed by atoms with Crippen LogP contribution in [0.15, 0.2) is 60.7 Å². The number of aromatic nitrogens is 2. The van der Waals surface area contributed by atoms with Gasteiger partial charge < -0.3 is 29.2 Å². The predicted octanol–water partition coefficient (Wildman–Crippen LogP) is 3.07. The van der Waals surface area contributed by atoms with Crippen LogP contribution in [0, 0.1) is 0 Å². The molecule has 0 radical (unpaired) electrons. The number of nitrogens with zero attached hydrogens (tertiary/aromatic N) is 4. The van der Waals surface area contributed by atoms with Crippen LogP contribution >= 0.6 is 0 Å². The largest absolute Gasteiger partial charge is 0.488 e. The Bertz CT molecular complexity index is 1340. The van der Waals surface area contributed by atoms with Crippen molar-refractivity contribution in [3.8, 4) is 11.5 Å². The highest BCUT2D eigenvalue weighted by Crippen LogP contribution is 2.26. The van der Waals surface area contributed by atoms with Crippen LogP contribution in [0.2, 0.25) is 0 Å². The van der Waals surface area contributed by atoms with Gasteiger partial charge >= 0.3 is 11.9 Å². The van der Waals surface area contributed by atoms with Gasteiger partial charge in [0.15, 0.2) is 11.5 Å². The first kappa shape index (κ1) is 31.8. The molecule has 1 aromatic carbocycles. The van der Waals surface area contributed by atoms with Crippen molar-refractivity contribution in [3.05, 3.63) is 83.4 Å². The average Bonchev–Trinajstić information content (AvgIpc) is 2.99. The summed E-state index contributed by atoms with van der Waals surface area (Å²) < 4.78 is 24.2. The third-order valence-corrected chi connectivity index (χ3v) is 6.72. The molecule has 3 heterocycles. The maximum atomic E-state index is 11.4. The summed E-state index contributed by atoms with van der Waals surface area (Å²) in [6.07, 6.45) is -0.136. The Morgan fingerprint density at radius 2 is 1.21 bits per heavy atom. The molecule has 12 heteroatoms. The van der Waals surface area contributed by atoms with Crippen LogP contribution in [0.25, 0.3) is 0 Å². The van der Waals surface area contributed by atoms with Crippen LogP contribution in [0.5, 0.6) is 11.5 Å². The first-order valence-corrected chi connectivity index (χ1v) is 14.2. The fraction of sp³-hybridized carbons (Fsp3) is 0.419. The van der Waals surface area contributed by atoms with Crippen LogP contribution in [0.3, 0.4) is 0 Å². The van der Waals surface area contributed by atoms with Crippen LogP contribution in [-0.2, 0) is 22.6 Å². The van der Waals surface area contributed by atoms with E-state index in [1.807, 2.05) is 31.2 Å². The van der Waals surface area contributed by atoms with E-state index < -0.39 is 11.9 Å². The van der Waals surface area contributed by atoms with Crippen molar-refractivity contribution in [3.63, 3.8) is 0 Å². The number of rotatable bonds is 6. The number of carboxylic acid groups (broad SMARTS) is 2. The van der Waals surface area contributed by atoms with Gasteiger partial charge in [-0.15, -0.1) is 0 Å². The second kappa shape index (κ2) is 16.5. The molecule has 3 aromatic rings. The monoisotopic (exact) mass is 594 g/mol. The summed E-state index contributed by atoms with van der Waals surface area (Å²) in [6, 6.07) is 17.4. The number of carboxylic acids is 2. The quantitative estimate of drug-likeness (QED) is 0.433. The van der Waals surface area contributed by atoms with Crippen molar-refractivity contribution >= 4 is 11.9 Å². The summed E-state index contributed by atoms with van der Waals surface area (Å²) in [6.45, 7) is 7.16. The molecule has 0 saturated heterocycles. The van der Waals surface area contributed by atoms with E-state index >= 15 is 0 Å². The van der Waals surface area contributed by atoms with E-state index in [9.17, 15) is 19.8 Å². The number of carbonyl (C=O) groups is 2. The van der Waals surface area contributed by atoms with Crippen molar-refractivity contribution in [2.24, 2.45) is 0 Å². The van der Waals surface area contributed by atoms with Gasteiger partial charge in [-0.05, 0) is 43.3 Å². The molecular weight excluding hydrogens is 556 g/mol. The van der Waals surface area contributed by atoms with Gasteiger partial charge in [0.2, 0.25) is 0 Å². The third kappa shape index (κ3) is 10.6. The zero-order chi connectivity index (χ0) is 30.4. The smallest absolute Gasteiger partial charge is 0.354 e. The number of aromatic carboxylic acids is 2. The van der Waals surface area contributed by atoms with Crippen molar-refractivity contribution in [1.82, 2.24) is 19.8 Å². The summed E-state index contributed by atoms with van der Waals surface area (Å²) in [5.74, 6) is -0.896. The normalized spacial score (nSPS) is 18.3. The van der Waals surface area contributed by atoms with Gasteiger partial charge in [0.05, 0.1) is 37.3 Å². The van der Waals surface area contributed by atoms with Crippen molar-refractivity contribution in [2.75, 3.05) is 59.2 Å². The molecule has 2 N–H and O–H groups in total. The summed E-state index contributed by atoms with van der Waals surface area (Å²) >= 11 is 0. The van der Waals surface area contributed by atoms with E-state index in [0.717, 1.165) is 0 Å². The Hall–Kier alpha value is -4.10. The molecule has 0 bridgehead atoms. The topological polar surface area (TPSA) is 144 Å². The lowest BCUT2D eigenvalue weighted by molar-refractivity contribution is -0.0197. The van der Waals surface area contributed by atoms with E-state index in [1.54, 1.807) is 24.3 Å². The fourth-order valence-electron chi connectivity index (χ4n) is 4.50. The number of hydrogen-bond acceptors (Lipinski definition) is 10. The molecule has 1 aliphatic heterocycles. The second-order valence-electron chi connectivity index (χ2n) is 10.1. The molecule has 1 unspecified atom stereocenters. The Morgan fingerprint density at radius 1 is 0.721 bits per heavy atom. The first-order valence-electron chi connectivity index (χ1n) is 14.2. The van der Waals surface area contributed by atoms with E-state index in [-0.39, 0.29) is 17.5 Å². The lowest BCUT2D eigenvalue weighted by atomic mass is 10.2. The molecule has 0 fully saturated rings. The highest BCUT2D eigenvalue weighted by atomic mass is 16.5. The van der Waals surface area contributed by atoms with Gasteiger partial charge in [-0.3, -0.25) is 9.80 Å². The van der Waals surface area contributed by atoms with Gasteiger partial charge in [-0.25, -0.2) is 19.6 Å². The second-order valence-corrected chi connectivity index (χ2v) is 10.1. The summed E-state index contributed by atoms with van der Waals surface area (Å²) in [4.78, 5) is 35.5. The van der Waals surface area contributed by atoms with Crippen LogP contribution in [0.4, 0.5) is 0 Å². The maximum Gasteiger partial charge on any atom is 0.354 e. The summed E-state index contributed by atoms with van der Waals surface area (Å²) in [5.41, 5.74) is 1.31. The predicted molar refractivity (Wildman–Crippen MR) is 157 cm³/mol. The Kier molecular flexibility index (Phi) is 12.2. The zero-order valence-electron chi connectivity index (χ0n) is 24.3. The number of hydrogen-bond donors (Lipinski definition) is 2. The van der Waals surface area contributed by atoms with Crippen LogP contribution in [-0.4, -0.2) is 107 Å². The minimum absolute atomic E-state index is 0.00634.